The van der Waals surface area contributed by atoms with Crippen molar-refractivity contribution in [3.05, 3.63) is 156 Å². The van der Waals surface area contributed by atoms with E-state index in [1.807, 2.05) is 66.3 Å². The first kappa shape index (κ1) is 34.3. The topological polar surface area (TPSA) is 111 Å². The van der Waals surface area contributed by atoms with Gasteiger partial charge in [-0.15, -0.1) is 0 Å². The van der Waals surface area contributed by atoms with Crippen LogP contribution >= 0.6 is 0 Å². The van der Waals surface area contributed by atoms with Gasteiger partial charge < -0.3 is 28.9 Å². The summed E-state index contributed by atoms with van der Waals surface area (Å²) in [6.07, 6.45) is 7.11. The molecule has 10 heteroatoms. The van der Waals surface area contributed by atoms with Crippen molar-refractivity contribution in [2.24, 2.45) is 14.1 Å². The van der Waals surface area contributed by atoms with Crippen molar-refractivity contribution in [3.63, 3.8) is 0 Å². The number of benzene rings is 4. The van der Waals surface area contributed by atoms with E-state index in [-0.39, 0.29) is 27.7 Å². The van der Waals surface area contributed by atoms with Crippen LogP contribution in [-0.2, 0) is 33.5 Å². The van der Waals surface area contributed by atoms with Crippen LogP contribution in [0.15, 0.2) is 101 Å². The molecule has 2 N–H and O–H groups in total. The molecule has 0 saturated heterocycles. The highest BCUT2D eigenvalue weighted by Crippen LogP contribution is 2.33. The number of H-pyrrole nitrogens is 1. The molecule has 1 aliphatic rings. The zero-order valence-electron chi connectivity index (χ0n) is 29.7. The lowest BCUT2D eigenvalue weighted by molar-refractivity contribution is 0.102. The molecule has 1 aliphatic heterocycles. The fourth-order valence-corrected chi connectivity index (χ4v) is 6.89. The number of methoxy groups -OCH3 is 2. The van der Waals surface area contributed by atoms with Gasteiger partial charge in [-0.3, -0.25) is 19.3 Å². The Morgan fingerprint density at radius 2 is 1.63 bits per heavy atom. The molecule has 0 fully saturated rings. The first-order valence-electron chi connectivity index (χ1n) is 17.2. The van der Waals surface area contributed by atoms with Gasteiger partial charge in [0.25, 0.3) is 17.0 Å². The van der Waals surface area contributed by atoms with Gasteiger partial charge in [0.1, 0.15) is 10.7 Å². The van der Waals surface area contributed by atoms with Gasteiger partial charge in [0.15, 0.2) is 11.5 Å². The summed E-state index contributed by atoms with van der Waals surface area (Å²) in [7, 11) is 6.86. The van der Waals surface area contributed by atoms with Crippen LogP contribution in [0.2, 0.25) is 0 Å². The highest BCUT2D eigenvalue weighted by atomic mass is 16.5. The number of rotatable bonds is 9. The van der Waals surface area contributed by atoms with Crippen LogP contribution < -0.4 is 36.6 Å². The maximum atomic E-state index is 13.4. The Morgan fingerprint density at radius 3 is 2.40 bits per heavy atom. The maximum absolute atomic E-state index is 13.4. The minimum Gasteiger partial charge on any atom is -0.493 e. The van der Waals surface area contributed by atoms with Gasteiger partial charge in [-0.2, -0.15) is 0 Å². The van der Waals surface area contributed by atoms with E-state index in [9.17, 15) is 14.4 Å². The van der Waals surface area contributed by atoms with Crippen molar-refractivity contribution in [1.29, 1.82) is 0 Å². The predicted molar refractivity (Wildman–Crippen MR) is 205 cm³/mol. The summed E-state index contributed by atoms with van der Waals surface area (Å²) in [6, 6.07) is 26.9. The van der Waals surface area contributed by atoms with E-state index in [0.717, 1.165) is 60.4 Å². The molecule has 0 aliphatic carbocycles. The third-order valence-electron chi connectivity index (χ3n) is 9.78. The van der Waals surface area contributed by atoms with Gasteiger partial charge in [0.05, 0.1) is 14.2 Å². The van der Waals surface area contributed by atoms with Gasteiger partial charge in [0.2, 0.25) is 0 Å². The molecule has 0 unspecified atom stereocenters. The molecular weight excluding hydrogens is 654 g/mol. The molecule has 0 saturated carbocycles. The van der Waals surface area contributed by atoms with E-state index in [1.165, 1.54) is 21.3 Å². The van der Waals surface area contributed by atoms with E-state index < -0.39 is 0 Å². The first-order valence-corrected chi connectivity index (χ1v) is 17.2. The largest absolute Gasteiger partial charge is 0.493 e. The van der Waals surface area contributed by atoms with Crippen molar-refractivity contribution in [1.82, 2.24) is 19.0 Å². The molecule has 6 aromatic rings. The van der Waals surface area contributed by atoms with E-state index in [2.05, 4.69) is 27.3 Å². The van der Waals surface area contributed by atoms with Crippen LogP contribution in [-0.4, -0.2) is 52.2 Å². The number of hydrogen-bond donors (Lipinski definition) is 2. The van der Waals surface area contributed by atoms with E-state index in [1.54, 1.807) is 57.7 Å². The number of nitrogens with one attached hydrogen (secondary N) is 2. The Balaban J connectivity index is 1.02. The minimum absolute atomic E-state index is 0.129. The SMILES string of the molecule is COc1cc2c(cc1OC)CN(CCc1ccc(NC(=O)c3cccc(/C=c4\[nH]c(=O)/c(=C/c5cn(C)c6ccccc56)n(C)c4=O)c3)cc1)CC2. The van der Waals surface area contributed by atoms with E-state index >= 15 is 0 Å². The summed E-state index contributed by atoms with van der Waals surface area (Å²) >= 11 is 0. The quantitative estimate of drug-likeness (QED) is 0.236. The molecule has 264 valence electrons. The number of nitrogens with zero attached hydrogens (tertiary/aromatic N) is 3. The Hall–Kier alpha value is -6.13. The van der Waals surface area contributed by atoms with Gasteiger partial charge in [-0.25, -0.2) is 0 Å². The second-order valence-electron chi connectivity index (χ2n) is 13.1. The van der Waals surface area contributed by atoms with Crippen LogP contribution in [0.4, 0.5) is 5.69 Å². The fraction of sp³-hybridized carbons (Fsp3) is 0.214. The highest BCUT2D eigenvalue weighted by Gasteiger charge is 2.19. The van der Waals surface area contributed by atoms with E-state index in [4.69, 9.17) is 9.47 Å². The molecule has 0 bridgehead atoms. The van der Waals surface area contributed by atoms with Crippen molar-refractivity contribution < 1.29 is 14.3 Å². The van der Waals surface area contributed by atoms with Gasteiger partial charge >= 0.3 is 0 Å². The maximum Gasteiger partial charge on any atom is 0.274 e. The Labute approximate surface area is 300 Å². The van der Waals surface area contributed by atoms with E-state index in [0.29, 0.717) is 16.8 Å². The second-order valence-corrected chi connectivity index (χ2v) is 13.1. The van der Waals surface area contributed by atoms with Gasteiger partial charge in [0, 0.05) is 67.6 Å². The number of aryl methyl sites for hydroxylation is 1. The summed E-state index contributed by atoms with van der Waals surface area (Å²) in [4.78, 5) is 45.0. The molecule has 3 heterocycles. The Bertz CT molecular complexity index is 2550. The number of fused-ring (bicyclic) bond motifs is 2. The normalized spacial score (nSPS) is 13.7. The Kier molecular flexibility index (Phi) is 9.65. The van der Waals surface area contributed by atoms with Crippen LogP contribution in [0.1, 0.15) is 38.2 Å². The molecular formula is C42H41N5O5. The average molecular weight is 696 g/mol. The summed E-state index contributed by atoms with van der Waals surface area (Å²) < 4.78 is 14.3. The monoisotopic (exact) mass is 695 g/mol. The lowest BCUT2D eigenvalue weighted by Gasteiger charge is -2.29. The molecule has 1 amide bonds. The number of para-hydroxylation sites is 1. The van der Waals surface area contributed by atoms with Crippen LogP contribution in [0.25, 0.3) is 23.1 Å². The number of anilines is 1. The minimum atomic E-state index is -0.387. The third kappa shape index (κ3) is 7.06. The van der Waals surface area contributed by atoms with Crippen molar-refractivity contribution in [3.8, 4) is 11.5 Å². The summed E-state index contributed by atoms with van der Waals surface area (Å²) in [5.41, 5.74) is 6.61. The predicted octanol–water partition coefficient (Wildman–Crippen LogP) is 4.09. The second kappa shape index (κ2) is 14.6. The summed E-state index contributed by atoms with van der Waals surface area (Å²) in [5, 5.41) is 4.34. The highest BCUT2D eigenvalue weighted by molar-refractivity contribution is 6.04. The third-order valence-corrected chi connectivity index (χ3v) is 9.78. The molecule has 4 aromatic carbocycles. The molecule has 2 aromatic heterocycles. The lowest BCUT2D eigenvalue weighted by atomic mass is 9.98. The number of carbonyl (C=O) groups is 1. The smallest absolute Gasteiger partial charge is 0.274 e. The van der Waals surface area contributed by atoms with Gasteiger partial charge in [-0.05, 0) is 89.7 Å². The number of aromatic amines is 1. The van der Waals surface area contributed by atoms with Crippen LogP contribution in [0.5, 0.6) is 11.5 Å². The van der Waals surface area contributed by atoms with Crippen molar-refractivity contribution in [2.75, 3.05) is 32.6 Å². The van der Waals surface area contributed by atoms with Crippen molar-refractivity contribution >= 4 is 34.6 Å². The van der Waals surface area contributed by atoms with Crippen LogP contribution in [0, 0.1) is 0 Å². The van der Waals surface area contributed by atoms with Crippen molar-refractivity contribution in [2.45, 2.75) is 19.4 Å². The number of hydrogen-bond acceptors (Lipinski definition) is 6. The molecule has 10 nitrogen and oxygen atoms in total. The molecule has 52 heavy (non-hydrogen) atoms. The lowest BCUT2D eigenvalue weighted by Crippen LogP contribution is -2.52. The molecule has 7 rings (SSSR count). The standard InChI is InChI=1S/C42H41N5O5/c1-45-25-32(34-10-5-6-11-36(34)45)22-37-41(49)44-35(42(50)46(37)2)21-28-8-7-9-30(20-28)40(48)43-33-14-12-27(13-15-33)16-18-47-19-17-29-23-38(51-3)39(52-4)24-31(29)26-47/h5-15,20-25H,16-19,26H2,1-4H3,(H,43,48)(H,44,49)/b35-21-,37-22-. The zero-order chi connectivity index (χ0) is 36.4. The van der Waals surface area contributed by atoms with Crippen LogP contribution in [0.3, 0.4) is 0 Å². The summed E-state index contributed by atoms with van der Waals surface area (Å²) in [5.74, 6) is 1.25. The molecule has 0 atom stereocenters. The number of aromatic nitrogens is 3. The Morgan fingerprint density at radius 1 is 0.885 bits per heavy atom. The summed E-state index contributed by atoms with van der Waals surface area (Å²) in [6.45, 7) is 2.76. The number of ether oxygens (including phenoxy) is 2. The number of carbonyl (C=O) groups excluding carboxylic acids is 1. The zero-order valence-corrected chi connectivity index (χ0v) is 29.7. The number of amides is 1. The van der Waals surface area contributed by atoms with Gasteiger partial charge in [-0.1, -0.05) is 42.5 Å². The first-order chi connectivity index (χ1) is 25.2. The fourth-order valence-electron chi connectivity index (χ4n) is 6.89. The molecule has 0 spiro atoms. The molecule has 0 radical (unpaired) electrons. The average Bonchev–Trinajstić information content (AvgIpc) is 3.49.